The molecular formula is C19H20FNO5. The molecule has 0 fully saturated rings. The monoisotopic (exact) mass is 361 g/mol. The van der Waals surface area contributed by atoms with Gasteiger partial charge in [0.1, 0.15) is 17.3 Å². The van der Waals surface area contributed by atoms with Crippen LogP contribution in [0.25, 0.3) is 0 Å². The molecule has 1 amide bonds. The Hall–Kier alpha value is -3.09. The topological polar surface area (TPSA) is 73.9 Å². The largest absolute Gasteiger partial charge is 0.497 e. The third-order valence-corrected chi connectivity index (χ3v) is 3.51. The van der Waals surface area contributed by atoms with Crippen molar-refractivity contribution in [1.82, 2.24) is 0 Å². The Morgan fingerprint density at radius 1 is 1.12 bits per heavy atom. The molecule has 7 heteroatoms. The number of anilines is 1. The highest BCUT2D eigenvalue weighted by Crippen LogP contribution is 2.18. The maximum absolute atomic E-state index is 13.4. The summed E-state index contributed by atoms with van der Waals surface area (Å²) in [4.78, 5) is 23.7. The number of hydrogen-bond donors (Lipinski definition) is 1. The number of aryl methyl sites for hydroxylation is 1. The number of halogens is 1. The predicted molar refractivity (Wildman–Crippen MR) is 93.8 cm³/mol. The number of carbonyl (C=O) groups excluding carboxylic acids is 2. The third kappa shape index (κ3) is 5.47. The van der Waals surface area contributed by atoms with Gasteiger partial charge in [-0.1, -0.05) is 6.07 Å². The third-order valence-electron chi connectivity index (χ3n) is 3.51. The number of methoxy groups -OCH3 is 1. The van der Waals surface area contributed by atoms with Gasteiger partial charge in [0.15, 0.2) is 12.7 Å². The van der Waals surface area contributed by atoms with Gasteiger partial charge in [-0.25, -0.2) is 9.18 Å². The second-order valence-electron chi connectivity index (χ2n) is 5.56. The zero-order valence-corrected chi connectivity index (χ0v) is 14.7. The molecule has 2 aromatic carbocycles. The van der Waals surface area contributed by atoms with Crippen LogP contribution in [0, 0.1) is 12.7 Å². The first-order valence-corrected chi connectivity index (χ1v) is 7.92. The van der Waals surface area contributed by atoms with Gasteiger partial charge in [-0.3, -0.25) is 4.79 Å². The first-order chi connectivity index (χ1) is 12.4. The SMILES string of the molecule is COc1ccc(OC(C)C(=O)OCC(=O)Nc2ccc(C)c(F)c2)cc1. The molecule has 2 rings (SSSR count). The number of benzene rings is 2. The predicted octanol–water partition coefficient (Wildman–Crippen LogP) is 3.09. The molecule has 0 aliphatic rings. The molecule has 26 heavy (non-hydrogen) atoms. The van der Waals surface area contributed by atoms with Gasteiger partial charge >= 0.3 is 5.97 Å². The minimum atomic E-state index is -0.895. The molecule has 0 radical (unpaired) electrons. The zero-order valence-electron chi connectivity index (χ0n) is 14.7. The van der Waals surface area contributed by atoms with Crippen LogP contribution in [0.1, 0.15) is 12.5 Å². The number of ether oxygens (including phenoxy) is 3. The van der Waals surface area contributed by atoms with Gasteiger partial charge in [-0.05, 0) is 55.8 Å². The minimum Gasteiger partial charge on any atom is -0.497 e. The first-order valence-electron chi connectivity index (χ1n) is 7.92. The van der Waals surface area contributed by atoms with E-state index < -0.39 is 30.4 Å². The van der Waals surface area contributed by atoms with E-state index in [1.165, 1.54) is 13.0 Å². The summed E-state index contributed by atoms with van der Waals surface area (Å²) >= 11 is 0. The normalized spacial score (nSPS) is 11.4. The molecular weight excluding hydrogens is 341 g/mol. The molecule has 0 saturated carbocycles. The Morgan fingerprint density at radius 3 is 2.38 bits per heavy atom. The lowest BCUT2D eigenvalue weighted by molar-refractivity contribution is -0.153. The van der Waals surface area contributed by atoms with Gasteiger partial charge in [0.2, 0.25) is 0 Å². The van der Waals surface area contributed by atoms with Crippen molar-refractivity contribution < 1.29 is 28.2 Å². The van der Waals surface area contributed by atoms with Crippen LogP contribution in [0.3, 0.4) is 0 Å². The van der Waals surface area contributed by atoms with Crippen molar-refractivity contribution in [2.45, 2.75) is 20.0 Å². The van der Waals surface area contributed by atoms with Crippen molar-refractivity contribution in [2.24, 2.45) is 0 Å². The molecule has 2 aromatic rings. The van der Waals surface area contributed by atoms with E-state index in [0.29, 0.717) is 17.1 Å². The summed E-state index contributed by atoms with van der Waals surface area (Å²) < 4.78 is 28.8. The van der Waals surface area contributed by atoms with Crippen molar-refractivity contribution >= 4 is 17.6 Å². The number of amides is 1. The van der Waals surface area contributed by atoms with Gasteiger partial charge in [0.05, 0.1) is 7.11 Å². The first kappa shape index (κ1) is 19.2. The molecule has 1 unspecified atom stereocenters. The number of esters is 1. The van der Waals surface area contributed by atoms with Gasteiger partial charge in [-0.15, -0.1) is 0 Å². The highest BCUT2D eigenvalue weighted by molar-refractivity contribution is 5.93. The molecule has 0 aliphatic carbocycles. The summed E-state index contributed by atoms with van der Waals surface area (Å²) in [6.07, 6.45) is -0.895. The lowest BCUT2D eigenvalue weighted by atomic mass is 10.2. The summed E-state index contributed by atoms with van der Waals surface area (Å²) in [5, 5.41) is 2.46. The zero-order chi connectivity index (χ0) is 19.1. The minimum absolute atomic E-state index is 0.289. The van der Waals surface area contributed by atoms with E-state index in [0.717, 1.165) is 0 Å². The maximum Gasteiger partial charge on any atom is 0.347 e. The summed E-state index contributed by atoms with van der Waals surface area (Å²) in [6, 6.07) is 11.0. The van der Waals surface area contributed by atoms with Crippen LogP contribution in [0.2, 0.25) is 0 Å². The fraction of sp³-hybridized carbons (Fsp3) is 0.263. The van der Waals surface area contributed by atoms with Crippen LogP contribution in [0.15, 0.2) is 42.5 Å². The average molecular weight is 361 g/mol. The average Bonchev–Trinajstić information content (AvgIpc) is 2.63. The molecule has 0 aliphatic heterocycles. The smallest absolute Gasteiger partial charge is 0.347 e. The summed E-state index contributed by atoms with van der Waals surface area (Å²) in [6.45, 7) is 2.64. The Morgan fingerprint density at radius 2 is 1.77 bits per heavy atom. The van der Waals surface area contributed by atoms with Gasteiger partial charge in [0, 0.05) is 5.69 Å². The molecule has 0 bridgehead atoms. The van der Waals surface area contributed by atoms with Crippen molar-refractivity contribution in [3.05, 3.63) is 53.8 Å². The molecule has 138 valence electrons. The molecule has 1 atom stereocenters. The van der Waals surface area contributed by atoms with Gasteiger partial charge < -0.3 is 19.5 Å². The quantitative estimate of drug-likeness (QED) is 0.767. The number of rotatable bonds is 7. The highest BCUT2D eigenvalue weighted by Gasteiger charge is 2.18. The number of nitrogens with one attached hydrogen (secondary N) is 1. The van der Waals surface area contributed by atoms with Crippen LogP contribution in [-0.2, 0) is 14.3 Å². The van der Waals surface area contributed by atoms with Crippen LogP contribution >= 0.6 is 0 Å². The lowest BCUT2D eigenvalue weighted by Crippen LogP contribution is -2.29. The molecule has 0 saturated heterocycles. The summed E-state index contributed by atoms with van der Waals surface area (Å²) in [7, 11) is 1.55. The van der Waals surface area contributed by atoms with E-state index in [1.54, 1.807) is 50.4 Å². The number of hydrogen-bond acceptors (Lipinski definition) is 5. The standard InChI is InChI=1S/C19H20FNO5/c1-12-4-5-14(10-17(12)20)21-18(22)11-25-19(23)13(2)26-16-8-6-15(24-3)7-9-16/h4-10,13H,11H2,1-3H3,(H,21,22). The van der Waals surface area contributed by atoms with Gasteiger partial charge in [0.25, 0.3) is 5.91 Å². The molecule has 0 spiro atoms. The second kappa shape index (κ2) is 8.84. The molecule has 1 N–H and O–H groups in total. The Balaban J connectivity index is 1.80. The van der Waals surface area contributed by atoms with E-state index >= 15 is 0 Å². The summed E-state index contributed by atoms with van der Waals surface area (Å²) in [5.41, 5.74) is 0.760. The Labute approximate surface area is 150 Å². The number of carbonyl (C=O) groups is 2. The van der Waals surface area contributed by atoms with Crippen LogP contribution < -0.4 is 14.8 Å². The molecule has 0 aromatic heterocycles. The van der Waals surface area contributed by atoms with E-state index in [-0.39, 0.29) is 5.69 Å². The van der Waals surface area contributed by atoms with Crippen LogP contribution in [0.5, 0.6) is 11.5 Å². The Bertz CT molecular complexity index is 776. The molecule has 0 heterocycles. The van der Waals surface area contributed by atoms with Crippen molar-refractivity contribution in [2.75, 3.05) is 19.0 Å². The van der Waals surface area contributed by atoms with Crippen molar-refractivity contribution in [3.8, 4) is 11.5 Å². The van der Waals surface area contributed by atoms with E-state index in [2.05, 4.69) is 5.32 Å². The van der Waals surface area contributed by atoms with Crippen LogP contribution in [0.4, 0.5) is 10.1 Å². The van der Waals surface area contributed by atoms with Crippen molar-refractivity contribution in [1.29, 1.82) is 0 Å². The Kier molecular flexibility index (Phi) is 6.54. The van der Waals surface area contributed by atoms with Crippen LogP contribution in [-0.4, -0.2) is 31.7 Å². The highest BCUT2D eigenvalue weighted by atomic mass is 19.1. The van der Waals surface area contributed by atoms with E-state index in [4.69, 9.17) is 14.2 Å². The fourth-order valence-corrected chi connectivity index (χ4v) is 2.03. The van der Waals surface area contributed by atoms with E-state index in [9.17, 15) is 14.0 Å². The fourth-order valence-electron chi connectivity index (χ4n) is 2.03. The van der Waals surface area contributed by atoms with E-state index in [1.807, 2.05) is 0 Å². The molecule has 6 nitrogen and oxygen atoms in total. The summed E-state index contributed by atoms with van der Waals surface area (Å²) in [5.74, 6) is -0.558. The van der Waals surface area contributed by atoms with Gasteiger partial charge in [-0.2, -0.15) is 0 Å². The second-order valence-corrected chi connectivity index (χ2v) is 5.56. The lowest BCUT2D eigenvalue weighted by Gasteiger charge is -2.14. The maximum atomic E-state index is 13.4. The van der Waals surface area contributed by atoms with Crippen molar-refractivity contribution in [3.63, 3.8) is 0 Å².